The fourth-order valence-corrected chi connectivity index (χ4v) is 1.80. The summed E-state index contributed by atoms with van der Waals surface area (Å²) in [7, 11) is 3.44. The molecule has 2 aromatic rings. The van der Waals surface area contributed by atoms with E-state index in [0.717, 1.165) is 0 Å². The van der Waals surface area contributed by atoms with Crippen molar-refractivity contribution in [3.05, 3.63) is 18.1 Å². The van der Waals surface area contributed by atoms with Crippen LogP contribution in [0.3, 0.4) is 0 Å². The van der Waals surface area contributed by atoms with Gasteiger partial charge in [-0.3, -0.25) is 0 Å². The lowest BCUT2D eigenvalue weighted by atomic mass is 10.3. The maximum absolute atomic E-state index is 12.0. The van der Waals surface area contributed by atoms with Crippen molar-refractivity contribution >= 4 is 5.97 Å². The van der Waals surface area contributed by atoms with Crippen molar-refractivity contribution in [2.75, 3.05) is 20.3 Å². The lowest BCUT2D eigenvalue weighted by molar-refractivity contribution is 0.0520. The van der Waals surface area contributed by atoms with E-state index in [1.54, 1.807) is 35.7 Å². The van der Waals surface area contributed by atoms with Crippen molar-refractivity contribution in [1.29, 1.82) is 0 Å². The summed E-state index contributed by atoms with van der Waals surface area (Å²) >= 11 is 0. The third-order valence-corrected chi connectivity index (χ3v) is 2.74. The number of nitrogens with zero attached hydrogens (tertiary/aromatic N) is 5. The van der Waals surface area contributed by atoms with Crippen LogP contribution in [0.1, 0.15) is 17.4 Å². The Kier molecular flexibility index (Phi) is 4.46. The number of esters is 1. The molecule has 8 heteroatoms. The Bertz CT molecular complexity index is 590. The molecule has 0 saturated heterocycles. The predicted octanol–water partition coefficient (Wildman–Crippen LogP) is 0.502. The highest BCUT2D eigenvalue weighted by Crippen LogP contribution is 2.20. The lowest BCUT2D eigenvalue weighted by Gasteiger charge is -2.07. The van der Waals surface area contributed by atoms with Crippen LogP contribution in [0.2, 0.25) is 0 Å². The minimum absolute atomic E-state index is 0.164. The summed E-state index contributed by atoms with van der Waals surface area (Å²) in [5.74, 6) is 0.100. The van der Waals surface area contributed by atoms with Crippen molar-refractivity contribution in [1.82, 2.24) is 24.5 Å². The highest BCUT2D eigenvalue weighted by Gasteiger charge is 2.24. The van der Waals surface area contributed by atoms with Gasteiger partial charge in [-0.25, -0.2) is 14.5 Å². The molecule has 0 aliphatic heterocycles. The Balaban J connectivity index is 2.45. The first-order chi connectivity index (χ1) is 9.69. The standard InChI is InChI=1S/C12H17N5O3/c1-4-20-12(18)9-10(11-13-5-6-16(11)2)17(15-14-9)7-8-19-3/h5-6H,4,7-8H2,1-3H3. The lowest BCUT2D eigenvalue weighted by Crippen LogP contribution is -2.12. The normalized spacial score (nSPS) is 10.8. The van der Waals surface area contributed by atoms with Crippen LogP contribution in [0.4, 0.5) is 0 Å². The van der Waals surface area contributed by atoms with E-state index in [-0.39, 0.29) is 12.3 Å². The molecule has 0 radical (unpaired) electrons. The average molecular weight is 279 g/mol. The van der Waals surface area contributed by atoms with Gasteiger partial charge < -0.3 is 14.0 Å². The maximum Gasteiger partial charge on any atom is 0.361 e. The Morgan fingerprint density at radius 3 is 2.85 bits per heavy atom. The van der Waals surface area contributed by atoms with E-state index in [2.05, 4.69) is 15.3 Å². The second-order valence-corrected chi connectivity index (χ2v) is 4.08. The topological polar surface area (TPSA) is 84.1 Å². The number of methoxy groups -OCH3 is 1. The number of ether oxygens (including phenoxy) is 2. The second-order valence-electron chi connectivity index (χ2n) is 4.08. The minimum atomic E-state index is -0.505. The van der Waals surface area contributed by atoms with Gasteiger partial charge in [-0.2, -0.15) is 0 Å². The van der Waals surface area contributed by atoms with Gasteiger partial charge in [0.1, 0.15) is 5.69 Å². The molecule has 0 aliphatic carbocycles. The molecule has 2 aromatic heterocycles. The van der Waals surface area contributed by atoms with E-state index in [1.165, 1.54) is 0 Å². The van der Waals surface area contributed by atoms with E-state index in [9.17, 15) is 4.79 Å². The van der Waals surface area contributed by atoms with Crippen molar-refractivity contribution in [2.24, 2.45) is 7.05 Å². The van der Waals surface area contributed by atoms with Crippen LogP contribution in [-0.2, 0) is 23.1 Å². The van der Waals surface area contributed by atoms with Gasteiger partial charge in [0.15, 0.2) is 5.82 Å². The van der Waals surface area contributed by atoms with Gasteiger partial charge >= 0.3 is 5.97 Å². The number of carbonyl (C=O) groups excluding carboxylic acids is 1. The van der Waals surface area contributed by atoms with Crippen LogP contribution < -0.4 is 0 Å². The summed E-state index contributed by atoms with van der Waals surface area (Å²) in [4.78, 5) is 16.2. The largest absolute Gasteiger partial charge is 0.461 e. The maximum atomic E-state index is 12.0. The average Bonchev–Trinajstić information content (AvgIpc) is 3.02. The molecule has 0 unspecified atom stereocenters. The fourth-order valence-electron chi connectivity index (χ4n) is 1.80. The summed E-state index contributed by atoms with van der Waals surface area (Å²) in [5, 5.41) is 7.90. The molecule has 0 N–H and O–H groups in total. The van der Waals surface area contributed by atoms with Crippen LogP contribution >= 0.6 is 0 Å². The molecule has 0 atom stereocenters. The Morgan fingerprint density at radius 2 is 2.25 bits per heavy atom. The summed E-state index contributed by atoms with van der Waals surface area (Å²) < 4.78 is 13.4. The summed E-state index contributed by atoms with van der Waals surface area (Å²) in [5.41, 5.74) is 0.699. The molecule has 108 valence electrons. The van der Waals surface area contributed by atoms with E-state index < -0.39 is 5.97 Å². The molecule has 0 spiro atoms. The predicted molar refractivity (Wildman–Crippen MR) is 70.1 cm³/mol. The molecule has 0 fully saturated rings. The Labute approximate surface area is 116 Å². The van der Waals surface area contributed by atoms with Gasteiger partial charge in [0.2, 0.25) is 5.69 Å². The van der Waals surface area contributed by atoms with Crippen molar-refractivity contribution < 1.29 is 14.3 Å². The van der Waals surface area contributed by atoms with Crippen LogP contribution in [0.25, 0.3) is 11.5 Å². The summed E-state index contributed by atoms with van der Waals surface area (Å²) in [6, 6.07) is 0. The first-order valence-corrected chi connectivity index (χ1v) is 6.26. The van der Waals surface area contributed by atoms with E-state index in [4.69, 9.17) is 9.47 Å². The number of hydrogen-bond acceptors (Lipinski definition) is 6. The van der Waals surface area contributed by atoms with Gasteiger partial charge in [-0.1, -0.05) is 5.21 Å². The third kappa shape index (κ3) is 2.69. The van der Waals surface area contributed by atoms with E-state index >= 15 is 0 Å². The van der Waals surface area contributed by atoms with Gasteiger partial charge in [-0.05, 0) is 6.92 Å². The van der Waals surface area contributed by atoms with Gasteiger partial charge in [0.05, 0.1) is 19.8 Å². The number of hydrogen-bond donors (Lipinski definition) is 0. The number of aryl methyl sites for hydroxylation is 1. The molecule has 8 nitrogen and oxygen atoms in total. The summed E-state index contributed by atoms with van der Waals surface area (Å²) in [6.07, 6.45) is 3.44. The summed E-state index contributed by atoms with van der Waals surface area (Å²) in [6.45, 7) is 2.96. The number of carbonyl (C=O) groups is 1. The molecular formula is C12H17N5O3. The van der Waals surface area contributed by atoms with E-state index in [0.29, 0.717) is 24.7 Å². The highest BCUT2D eigenvalue weighted by atomic mass is 16.5. The van der Waals surface area contributed by atoms with Crippen molar-refractivity contribution in [2.45, 2.75) is 13.5 Å². The monoisotopic (exact) mass is 279 g/mol. The molecule has 2 heterocycles. The quantitative estimate of drug-likeness (QED) is 0.716. The number of aromatic nitrogens is 5. The smallest absolute Gasteiger partial charge is 0.361 e. The molecule has 20 heavy (non-hydrogen) atoms. The zero-order valence-electron chi connectivity index (χ0n) is 11.7. The Morgan fingerprint density at radius 1 is 1.45 bits per heavy atom. The van der Waals surface area contributed by atoms with Crippen molar-refractivity contribution in [3.8, 4) is 11.5 Å². The zero-order chi connectivity index (χ0) is 14.5. The van der Waals surface area contributed by atoms with Gasteiger partial charge in [0, 0.05) is 26.6 Å². The van der Waals surface area contributed by atoms with Crippen LogP contribution in [-0.4, -0.2) is 50.8 Å². The van der Waals surface area contributed by atoms with Crippen molar-refractivity contribution in [3.63, 3.8) is 0 Å². The van der Waals surface area contributed by atoms with Gasteiger partial charge in [0.25, 0.3) is 0 Å². The molecular weight excluding hydrogens is 262 g/mol. The Hall–Kier alpha value is -2.22. The fraction of sp³-hybridized carbons (Fsp3) is 0.500. The van der Waals surface area contributed by atoms with Crippen LogP contribution in [0.15, 0.2) is 12.4 Å². The minimum Gasteiger partial charge on any atom is -0.461 e. The van der Waals surface area contributed by atoms with Crippen LogP contribution in [0, 0.1) is 0 Å². The zero-order valence-corrected chi connectivity index (χ0v) is 11.7. The number of imidazole rings is 1. The first-order valence-electron chi connectivity index (χ1n) is 6.26. The molecule has 0 amide bonds. The van der Waals surface area contributed by atoms with E-state index in [1.807, 2.05) is 7.05 Å². The third-order valence-electron chi connectivity index (χ3n) is 2.74. The van der Waals surface area contributed by atoms with Crippen LogP contribution in [0.5, 0.6) is 0 Å². The molecule has 2 rings (SSSR count). The molecule has 0 aliphatic rings. The molecule has 0 saturated carbocycles. The molecule has 0 aromatic carbocycles. The van der Waals surface area contributed by atoms with Gasteiger partial charge in [-0.15, -0.1) is 5.10 Å². The molecule has 0 bridgehead atoms. The highest BCUT2D eigenvalue weighted by molar-refractivity contribution is 5.93. The second kappa shape index (κ2) is 6.29. The first kappa shape index (κ1) is 14.2. The SMILES string of the molecule is CCOC(=O)c1nnn(CCOC)c1-c1nccn1C. The number of rotatable bonds is 6.